The van der Waals surface area contributed by atoms with Crippen molar-refractivity contribution < 1.29 is 14.3 Å². The summed E-state index contributed by atoms with van der Waals surface area (Å²) in [5.74, 6) is 0.0579. The van der Waals surface area contributed by atoms with E-state index in [-0.39, 0.29) is 18.4 Å². The van der Waals surface area contributed by atoms with Gasteiger partial charge in [-0.25, -0.2) is 4.39 Å². The molecule has 2 unspecified atom stereocenters. The average Bonchev–Trinajstić information content (AvgIpc) is 2.96. The maximum atomic E-state index is 13.3. The smallest absolute Gasteiger partial charge is 0.267 e. The molecule has 0 bridgehead atoms. The number of aromatic amines is 1. The quantitative estimate of drug-likeness (QED) is 0.798. The van der Waals surface area contributed by atoms with Gasteiger partial charge in [0.15, 0.2) is 0 Å². The van der Waals surface area contributed by atoms with E-state index in [4.69, 9.17) is 5.11 Å². The molecule has 1 aromatic rings. The lowest BCUT2D eigenvalue weighted by Gasteiger charge is -2.15. The van der Waals surface area contributed by atoms with E-state index in [2.05, 4.69) is 10.3 Å². The molecule has 0 saturated carbocycles. The van der Waals surface area contributed by atoms with Crippen LogP contribution < -0.4 is 5.32 Å². The Morgan fingerprint density at radius 3 is 3.00 bits per heavy atom. The van der Waals surface area contributed by atoms with E-state index in [0.29, 0.717) is 18.7 Å². The fraction of sp³-hybridized carbons (Fsp3) is 0.353. The van der Waals surface area contributed by atoms with Crippen molar-refractivity contribution in [2.75, 3.05) is 13.2 Å². The third-order valence-electron chi connectivity index (χ3n) is 4.04. The highest BCUT2D eigenvalue weighted by atomic mass is 19.1. The Morgan fingerprint density at radius 1 is 1.41 bits per heavy atom. The van der Waals surface area contributed by atoms with E-state index in [1.54, 1.807) is 12.1 Å². The number of H-pyrrole nitrogens is 1. The number of rotatable bonds is 4. The zero-order valence-electron chi connectivity index (χ0n) is 12.2. The Labute approximate surface area is 128 Å². The minimum Gasteiger partial charge on any atom is -0.392 e. The van der Waals surface area contributed by atoms with Crippen molar-refractivity contribution in [2.45, 2.75) is 19.0 Å². The molecular weight excluding hydrogens is 283 g/mol. The van der Waals surface area contributed by atoms with Gasteiger partial charge >= 0.3 is 0 Å². The second-order valence-electron chi connectivity index (χ2n) is 5.70. The summed E-state index contributed by atoms with van der Waals surface area (Å²) in [6, 6.07) is 1.72. The van der Waals surface area contributed by atoms with Gasteiger partial charge in [-0.15, -0.1) is 0 Å². The van der Waals surface area contributed by atoms with Crippen LogP contribution in [0.4, 0.5) is 4.39 Å². The number of allylic oxidation sites excluding steroid dienone is 2. The maximum absolute atomic E-state index is 13.3. The van der Waals surface area contributed by atoms with Crippen molar-refractivity contribution in [2.24, 2.45) is 5.92 Å². The third-order valence-corrected chi connectivity index (χ3v) is 4.04. The summed E-state index contributed by atoms with van der Waals surface area (Å²) in [7, 11) is 0. The summed E-state index contributed by atoms with van der Waals surface area (Å²) in [4.78, 5) is 15.2. The number of hydrogen-bond donors (Lipinski definition) is 3. The molecule has 1 heterocycles. The van der Waals surface area contributed by atoms with Crippen LogP contribution in [0.1, 0.15) is 28.2 Å². The van der Waals surface area contributed by atoms with E-state index >= 15 is 0 Å². The first-order valence-corrected chi connectivity index (χ1v) is 7.46. The predicted octanol–water partition coefficient (Wildman–Crippen LogP) is 2.15. The van der Waals surface area contributed by atoms with Crippen LogP contribution in [0, 0.1) is 5.92 Å². The fourth-order valence-corrected chi connectivity index (χ4v) is 2.73. The molecule has 0 saturated heterocycles. The highest BCUT2D eigenvalue weighted by Gasteiger charge is 2.18. The first-order valence-electron chi connectivity index (χ1n) is 7.46. The molecule has 3 rings (SSSR count). The number of amides is 1. The van der Waals surface area contributed by atoms with Crippen LogP contribution in [0.25, 0.3) is 6.08 Å². The molecule has 1 amide bonds. The van der Waals surface area contributed by atoms with Gasteiger partial charge in [0.1, 0.15) is 11.9 Å². The van der Waals surface area contributed by atoms with Gasteiger partial charge in [0, 0.05) is 18.7 Å². The minimum atomic E-state index is -0.973. The highest BCUT2D eigenvalue weighted by Crippen LogP contribution is 2.22. The molecule has 0 aliphatic heterocycles. The largest absolute Gasteiger partial charge is 0.392 e. The molecule has 0 fully saturated rings. The molecule has 5 heteroatoms. The lowest BCUT2D eigenvalue weighted by Crippen LogP contribution is -2.29. The van der Waals surface area contributed by atoms with Crippen molar-refractivity contribution >= 4 is 12.0 Å². The number of aromatic nitrogens is 1. The molecule has 1 aromatic heterocycles. The van der Waals surface area contributed by atoms with Crippen molar-refractivity contribution in [1.29, 1.82) is 0 Å². The second-order valence-corrected chi connectivity index (χ2v) is 5.70. The first kappa shape index (κ1) is 14.8. The standard InChI is InChI=1S/C17H19FN2O2/c18-14-5-6-15-13(7-14)8-16(20-15)17(22)19-9-11-1-3-12(10-21)4-2-11/h1,3-6,8,11,14,20-21H,2,7,9-10H2,(H,19,22). The Kier molecular flexibility index (Phi) is 4.24. The summed E-state index contributed by atoms with van der Waals surface area (Å²) in [5, 5.41) is 11.9. The van der Waals surface area contributed by atoms with Gasteiger partial charge in [-0.3, -0.25) is 4.79 Å². The second kappa shape index (κ2) is 6.32. The summed E-state index contributed by atoms with van der Waals surface area (Å²) in [6.45, 7) is 0.586. The van der Waals surface area contributed by atoms with E-state index in [1.165, 1.54) is 6.08 Å². The number of aliphatic hydroxyl groups excluding tert-OH is 1. The summed E-state index contributed by atoms with van der Waals surface area (Å²) in [6.07, 6.45) is 9.21. The number of fused-ring (bicyclic) bond motifs is 1. The Hall–Kier alpha value is -2.14. The Morgan fingerprint density at radius 2 is 2.27 bits per heavy atom. The van der Waals surface area contributed by atoms with Crippen LogP contribution in [-0.4, -0.2) is 35.3 Å². The van der Waals surface area contributed by atoms with Crippen molar-refractivity contribution in [3.05, 3.63) is 52.9 Å². The van der Waals surface area contributed by atoms with E-state index in [0.717, 1.165) is 23.3 Å². The molecule has 116 valence electrons. The average molecular weight is 302 g/mol. The van der Waals surface area contributed by atoms with E-state index < -0.39 is 6.17 Å². The molecule has 0 radical (unpaired) electrons. The normalized spacial score (nSPS) is 23.1. The van der Waals surface area contributed by atoms with Gasteiger partial charge in [-0.1, -0.05) is 18.2 Å². The number of alkyl halides is 1. The van der Waals surface area contributed by atoms with Gasteiger partial charge < -0.3 is 15.4 Å². The summed E-state index contributed by atoms with van der Waals surface area (Å²) in [5.41, 5.74) is 3.03. The van der Waals surface area contributed by atoms with Crippen LogP contribution >= 0.6 is 0 Å². The number of hydrogen-bond acceptors (Lipinski definition) is 2. The Balaban J connectivity index is 1.56. The van der Waals surface area contributed by atoms with Crippen LogP contribution in [0.3, 0.4) is 0 Å². The zero-order chi connectivity index (χ0) is 15.5. The van der Waals surface area contributed by atoms with Crippen LogP contribution in [0.2, 0.25) is 0 Å². The van der Waals surface area contributed by atoms with Gasteiger partial charge in [0.05, 0.1) is 6.61 Å². The molecule has 0 spiro atoms. The zero-order valence-corrected chi connectivity index (χ0v) is 12.2. The molecule has 22 heavy (non-hydrogen) atoms. The predicted molar refractivity (Wildman–Crippen MR) is 83.2 cm³/mol. The first-order chi connectivity index (χ1) is 10.7. The number of carbonyl (C=O) groups excluding carboxylic acids is 1. The SMILES string of the molecule is O=C(NCC1C=CC(CO)=CC1)c1cc2c([nH]1)C=CC(F)C2. The molecule has 3 N–H and O–H groups in total. The summed E-state index contributed by atoms with van der Waals surface area (Å²) < 4.78 is 13.3. The molecule has 4 nitrogen and oxygen atoms in total. The molecule has 2 atom stereocenters. The van der Waals surface area contributed by atoms with Gasteiger partial charge in [0.2, 0.25) is 0 Å². The number of nitrogens with one attached hydrogen (secondary N) is 2. The van der Waals surface area contributed by atoms with E-state index in [1.807, 2.05) is 18.2 Å². The highest BCUT2D eigenvalue weighted by molar-refractivity contribution is 5.93. The van der Waals surface area contributed by atoms with Gasteiger partial charge in [-0.05, 0) is 41.7 Å². The minimum absolute atomic E-state index is 0.0483. The number of carbonyl (C=O) groups is 1. The topological polar surface area (TPSA) is 65.1 Å². The van der Waals surface area contributed by atoms with Crippen molar-refractivity contribution in [3.63, 3.8) is 0 Å². The summed E-state index contributed by atoms with van der Waals surface area (Å²) >= 11 is 0. The third kappa shape index (κ3) is 3.20. The molecule has 0 aromatic carbocycles. The van der Waals surface area contributed by atoms with E-state index in [9.17, 15) is 9.18 Å². The van der Waals surface area contributed by atoms with Gasteiger partial charge in [0.25, 0.3) is 5.91 Å². The maximum Gasteiger partial charge on any atom is 0.267 e. The van der Waals surface area contributed by atoms with Crippen LogP contribution in [-0.2, 0) is 6.42 Å². The lowest BCUT2D eigenvalue weighted by atomic mass is 9.97. The molecular formula is C17H19FN2O2. The van der Waals surface area contributed by atoms with Crippen molar-refractivity contribution in [1.82, 2.24) is 10.3 Å². The monoisotopic (exact) mass is 302 g/mol. The van der Waals surface area contributed by atoms with Crippen LogP contribution in [0.15, 0.2) is 35.9 Å². The lowest BCUT2D eigenvalue weighted by molar-refractivity contribution is 0.0945. The van der Waals surface area contributed by atoms with Crippen molar-refractivity contribution in [3.8, 4) is 0 Å². The fourth-order valence-electron chi connectivity index (χ4n) is 2.73. The van der Waals surface area contributed by atoms with Gasteiger partial charge in [-0.2, -0.15) is 0 Å². The molecule has 2 aliphatic carbocycles. The number of aliphatic hydroxyl groups is 1. The van der Waals surface area contributed by atoms with Crippen LogP contribution in [0.5, 0.6) is 0 Å². The molecule has 2 aliphatic rings. The number of halogens is 1. The Bertz CT molecular complexity index is 658.